The molecule has 0 aliphatic heterocycles. The minimum Gasteiger partial charge on any atom is -0.351 e. The molecule has 0 aromatic heterocycles. The zero-order valence-corrected chi connectivity index (χ0v) is 11.6. The number of carbonyl (C=O) groups is 1. The Labute approximate surface area is 114 Å². The van der Waals surface area contributed by atoms with Gasteiger partial charge in [-0.25, -0.2) is 0 Å². The lowest BCUT2D eigenvalue weighted by molar-refractivity contribution is 0.0934. The summed E-state index contributed by atoms with van der Waals surface area (Å²) in [4.78, 5) is 12.1. The average molecular weight is 266 g/mol. The Morgan fingerprint density at radius 2 is 2.00 bits per heavy atom. The van der Waals surface area contributed by atoms with Crippen molar-refractivity contribution in [2.24, 2.45) is 5.41 Å². The second-order valence-electron chi connectivity index (χ2n) is 5.34. The number of aryl methyl sites for hydroxylation is 1. The van der Waals surface area contributed by atoms with Crippen molar-refractivity contribution < 1.29 is 4.79 Å². The molecule has 0 atom stereocenters. The molecule has 1 aromatic carbocycles. The molecule has 0 heterocycles. The molecule has 0 unspecified atom stereocenters. The third-order valence-corrected chi connectivity index (χ3v) is 4.53. The third-order valence-electron chi connectivity index (χ3n) is 3.96. The van der Waals surface area contributed by atoms with Crippen molar-refractivity contribution in [3.05, 3.63) is 35.4 Å². The van der Waals surface area contributed by atoms with E-state index in [0.717, 1.165) is 24.0 Å². The summed E-state index contributed by atoms with van der Waals surface area (Å²) in [7, 11) is 0. The molecule has 0 spiro atoms. The Bertz CT molecular complexity index is 424. The van der Waals surface area contributed by atoms with Gasteiger partial charge in [0, 0.05) is 23.4 Å². The minimum atomic E-state index is 0.0180. The Balaban J connectivity index is 1.98. The minimum absolute atomic E-state index is 0.0180. The van der Waals surface area contributed by atoms with Gasteiger partial charge in [-0.3, -0.25) is 4.79 Å². The standard InChI is InChI=1S/C15H20ClNO/c1-12-6-2-3-7-13(12)14(18)17-11-15(10-16)8-4-5-9-15/h2-3,6-7H,4-5,8-11H2,1H3,(H,17,18). The van der Waals surface area contributed by atoms with Gasteiger partial charge in [0.1, 0.15) is 0 Å². The van der Waals surface area contributed by atoms with Crippen LogP contribution >= 0.6 is 11.6 Å². The van der Waals surface area contributed by atoms with Crippen molar-refractivity contribution >= 4 is 17.5 Å². The van der Waals surface area contributed by atoms with Crippen LogP contribution in [0.25, 0.3) is 0 Å². The van der Waals surface area contributed by atoms with E-state index in [9.17, 15) is 4.79 Å². The SMILES string of the molecule is Cc1ccccc1C(=O)NCC1(CCl)CCCC1. The Hall–Kier alpha value is -1.02. The van der Waals surface area contributed by atoms with Crippen molar-refractivity contribution in [1.82, 2.24) is 5.32 Å². The van der Waals surface area contributed by atoms with Crippen LogP contribution in [0.1, 0.15) is 41.6 Å². The smallest absolute Gasteiger partial charge is 0.251 e. The highest BCUT2D eigenvalue weighted by molar-refractivity contribution is 6.18. The average Bonchev–Trinajstić information content (AvgIpc) is 2.86. The van der Waals surface area contributed by atoms with E-state index in [-0.39, 0.29) is 11.3 Å². The lowest BCUT2D eigenvalue weighted by Crippen LogP contribution is -2.37. The number of amides is 1. The van der Waals surface area contributed by atoms with Gasteiger partial charge in [-0.05, 0) is 31.4 Å². The maximum atomic E-state index is 12.1. The van der Waals surface area contributed by atoms with E-state index in [1.807, 2.05) is 31.2 Å². The van der Waals surface area contributed by atoms with Gasteiger partial charge >= 0.3 is 0 Å². The molecule has 1 aliphatic rings. The van der Waals surface area contributed by atoms with Crippen molar-refractivity contribution in [2.45, 2.75) is 32.6 Å². The van der Waals surface area contributed by atoms with Gasteiger partial charge in [-0.15, -0.1) is 11.6 Å². The maximum Gasteiger partial charge on any atom is 0.251 e. The normalized spacial score (nSPS) is 17.7. The van der Waals surface area contributed by atoms with Crippen LogP contribution in [0.4, 0.5) is 0 Å². The maximum absolute atomic E-state index is 12.1. The highest BCUT2D eigenvalue weighted by Gasteiger charge is 2.33. The number of hydrogen-bond donors (Lipinski definition) is 1. The van der Waals surface area contributed by atoms with Crippen LogP contribution in [0.5, 0.6) is 0 Å². The van der Waals surface area contributed by atoms with E-state index in [1.54, 1.807) is 0 Å². The lowest BCUT2D eigenvalue weighted by Gasteiger charge is -2.26. The molecule has 1 amide bonds. The Morgan fingerprint density at radius 3 is 2.61 bits per heavy atom. The van der Waals surface area contributed by atoms with Crippen molar-refractivity contribution in [1.29, 1.82) is 0 Å². The molecule has 2 nitrogen and oxygen atoms in total. The van der Waals surface area contributed by atoms with Gasteiger partial charge in [0.25, 0.3) is 5.91 Å². The first-order valence-corrected chi connectivity index (χ1v) is 7.10. The fourth-order valence-electron chi connectivity index (χ4n) is 2.67. The molecule has 98 valence electrons. The third kappa shape index (κ3) is 2.86. The van der Waals surface area contributed by atoms with Crippen LogP contribution in [0, 0.1) is 12.3 Å². The molecule has 2 rings (SSSR count). The van der Waals surface area contributed by atoms with E-state index in [2.05, 4.69) is 5.32 Å². The second-order valence-corrected chi connectivity index (χ2v) is 5.61. The first-order valence-electron chi connectivity index (χ1n) is 6.57. The molecule has 18 heavy (non-hydrogen) atoms. The second kappa shape index (κ2) is 5.75. The zero-order chi connectivity index (χ0) is 13.0. The van der Waals surface area contributed by atoms with E-state index in [1.165, 1.54) is 12.8 Å². The molecule has 1 aromatic rings. The van der Waals surface area contributed by atoms with Gasteiger partial charge < -0.3 is 5.32 Å². The molecule has 1 N–H and O–H groups in total. The van der Waals surface area contributed by atoms with Crippen LogP contribution in [-0.4, -0.2) is 18.3 Å². The molecule has 0 saturated heterocycles. The monoisotopic (exact) mass is 265 g/mol. The first-order chi connectivity index (χ1) is 8.67. The fourth-order valence-corrected chi connectivity index (χ4v) is 3.04. The van der Waals surface area contributed by atoms with Gasteiger partial charge in [-0.1, -0.05) is 31.0 Å². The number of rotatable bonds is 4. The number of alkyl halides is 1. The number of nitrogens with one attached hydrogen (secondary N) is 1. The van der Waals surface area contributed by atoms with Crippen LogP contribution in [0.15, 0.2) is 24.3 Å². The highest BCUT2D eigenvalue weighted by Crippen LogP contribution is 2.38. The summed E-state index contributed by atoms with van der Waals surface area (Å²) in [6, 6.07) is 7.67. The summed E-state index contributed by atoms with van der Waals surface area (Å²) in [6.45, 7) is 2.66. The van der Waals surface area contributed by atoms with Crippen molar-refractivity contribution in [3.63, 3.8) is 0 Å². The molecule has 1 fully saturated rings. The molecular formula is C15H20ClNO. The van der Waals surface area contributed by atoms with Crippen LogP contribution in [0.3, 0.4) is 0 Å². The molecule has 0 radical (unpaired) electrons. The van der Waals surface area contributed by atoms with E-state index < -0.39 is 0 Å². The number of benzene rings is 1. The molecule has 1 aliphatic carbocycles. The van der Waals surface area contributed by atoms with Gasteiger partial charge in [-0.2, -0.15) is 0 Å². The molecule has 3 heteroatoms. The summed E-state index contributed by atoms with van der Waals surface area (Å²) < 4.78 is 0. The van der Waals surface area contributed by atoms with Gasteiger partial charge in [0.2, 0.25) is 0 Å². The topological polar surface area (TPSA) is 29.1 Å². The molecule has 1 saturated carbocycles. The van der Waals surface area contributed by atoms with Crippen LogP contribution < -0.4 is 5.32 Å². The number of hydrogen-bond acceptors (Lipinski definition) is 1. The van der Waals surface area contributed by atoms with Gasteiger partial charge in [0.05, 0.1) is 0 Å². The number of carbonyl (C=O) groups excluding carboxylic acids is 1. The van der Waals surface area contributed by atoms with Crippen molar-refractivity contribution in [2.75, 3.05) is 12.4 Å². The zero-order valence-electron chi connectivity index (χ0n) is 10.8. The molecular weight excluding hydrogens is 246 g/mol. The summed E-state index contributed by atoms with van der Waals surface area (Å²) in [5.41, 5.74) is 1.90. The predicted octanol–water partition coefficient (Wildman–Crippen LogP) is 3.52. The Morgan fingerprint density at radius 1 is 1.33 bits per heavy atom. The summed E-state index contributed by atoms with van der Waals surface area (Å²) in [5, 5.41) is 3.05. The lowest BCUT2D eigenvalue weighted by atomic mass is 9.88. The highest BCUT2D eigenvalue weighted by atomic mass is 35.5. The summed E-state index contributed by atoms with van der Waals surface area (Å²) >= 11 is 6.07. The Kier molecular flexibility index (Phi) is 4.28. The van der Waals surface area contributed by atoms with Crippen LogP contribution in [-0.2, 0) is 0 Å². The van der Waals surface area contributed by atoms with Crippen LogP contribution in [0.2, 0.25) is 0 Å². The summed E-state index contributed by atoms with van der Waals surface area (Å²) in [5.74, 6) is 0.658. The van der Waals surface area contributed by atoms with E-state index >= 15 is 0 Å². The first kappa shape index (κ1) is 13.4. The van der Waals surface area contributed by atoms with Crippen molar-refractivity contribution in [3.8, 4) is 0 Å². The predicted molar refractivity (Wildman–Crippen MR) is 75.1 cm³/mol. The quantitative estimate of drug-likeness (QED) is 0.829. The number of halogens is 1. The summed E-state index contributed by atoms with van der Waals surface area (Å²) in [6.07, 6.45) is 4.72. The fraction of sp³-hybridized carbons (Fsp3) is 0.533. The molecule has 0 bridgehead atoms. The van der Waals surface area contributed by atoms with E-state index in [0.29, 0.717) is 12.4 Å². The van der Waals surface area contributed by atoms with Gasteiger partial charge in [0.15, 0.2) is 0 Å². The van der Waals surface area contributed by atoms with E-state index in [4.69, 9.17) is 11.6 Å². The largest absolute Gasteiger partial charge is 0.351 e.